The van der Waals surface area contributed by atoms with Gasteiger partial charge in [0, 0.05) is 5.02 Å². The Kier molecular flexibility index (Phi) is 4.36. The van der Waals surface area contributed by atoms with Gasteiger partial charge in [-0.25, -0.2) is 9.97 Å². The van der Waals surface area contributed by atoms with Gasteiger partial charge in [-0.1, -0.05) is 46.9 Å². The van der Waals surface area contributed by atoms with Crippen molar-refractivity contribution in [3.63, 3.8) is 0 Å². The van der Waals surface area contributed by atoms with E-state index in [1.165, 1.54) is 0 Å². The maximum Gasteiger partial charge on any atom is 0.160 e. The molecule has 2 aromatic rings. The summed E-state index contributed by atoms with van der Waals surface area (Å²) in [5, 5.41) is 1.24. The smallest absolute Gasteiger partial charge is 0.160 e. The predicted octanol–water partition coefficient (Wildman–Crippen LogP) is 5.34. The Balaban J connectivity index is 2.00. The van der Waals surface area contributed by atoms with Crippen molar-refractivity contribution >= 4 is 34.8 Å². The fourth-order valence-corrected chi connectivity index (χ4v) is 3.25. The van der Waals surface area contributed by atoms with Crippen LogP contribution >= 0.6 is 34.8 Å². The number of hydrogen-bond donors (Lipinski definition) is 0. The first-order valence-corrected chi connectivity index (χ1v) is 7.82. The molecule has 0 spiro atoms. The molecule has 0 amide bonds. The molecule has 1 fully saturated rings. The monoisotopic (exact) mass is 342 g/mol. The first kappa shape index (κ1) is 15.0. The van der Waals surface area contributed by atoms with Crippen LogP contribution in [0.5, 0.6) is 0 Å². The Morgan fingerprint density at radius 2 is 1.81 bits per heavy atom. The molecular weight excluding hydrogens is 331 g/mol. The highest BCUT2D eigenvalue weighted by Gasteiger charge is 2.27. The van der Waals surface area contributed by atoms with Gasteiger partial charge in [-0.2, -0.15) is 0 Å². The molecule has 110 valence electrons. The number of rotatable bonds is 2. The molecule has 1 aromatic carbocycles. The van der Waals surface area contributed by atoms with Gasteiger partial charge < -0.3 is 4.74 Å². The first-order chi connectivity index (χ1) is 10.0. The number of nitrogens with zero attached hydrogens (tertiary/aromatic N) is 2. The number of benzene rings is 1. The van der Waals surface area contributed by atoms with Crippen LogP contribution < -0.4 is 0 Å². The Bertz CT molecular complexity index is 655. The van der Waals surface area contributed by atoms with Gasteiger partial charge in [-0.15, -0.1) is 0 Å². The van der Waals surface area contributed by atoms with Gasteiger partial charge in [0.15, 0.2) is 5.82 Å². The van der Waals surface area contributed by atoms with E-state index >= 15 is 0 Å². The lowest BCUT2D eigenvalue weighted by atomic mass is 10.1. The summed E-state index contributed by atoms with van der Waals surface area (Å²) in [6.07, 6.45) is 1.94. The minimum atomic E-state index is -0.136. The average Bonchev–Trinajstić information content (AvgIpc) is 2.85. The molecule has 2 atom stereocenters. The number of ether oxygens (including phenoxy) is 1. The Labute approximate surface area is 138 Å². The van der Waals surface area contributed by atoms with Crippen LogP contribution in [0.4, 0.5) is 0 Å². The summed E-state index contributed by atoms with van der Waals surface area (Å²) in [5.41, 5.74) is 1.39. The van der Waals surface area contributed by atoms with Gasteiger partial charge >= 0.3 is 0 Å². The second kappa shape index (κ2) is 6.09. The molecule has 21 heavy (non-hydrogen) atoms. The molecule has 0 N–H and O–H groups in total. The summed E-state index contributed by atoms with van der Waals surface area (Å²) < 4.78 is 5.76. The van der Waals surface area contributed by atoms with Crippen molar-refractivity contribution < 1.29 is 4.74 Å². The molecule has 1 saturated heterocycles. The fraction of sp³-hybridized carbons (Fsp3) is 0.333. The SMILES string of the molecule is CC1CCC(c2nc(Cl)c(-c3cccc(Cl)c3)c(Cl)n2)O1. The van der Waals surface area contributed by atoms with Crippen LogP contribution in [0, 0.1) is 0 Å². The lowest BCUT2D eigenvalue weighted by Crippen LogP contribution is -2.06. The predicted molar refractivity (Wildman–Crippen MR) is 85.0 cm³/mol. The maximum atomic E-state index is 6.30. The highest BCUT2D eigenvalue weighted by atomic mass is 35.5. The van der Waals surface area contributed by atoms with Crippen molar-refractivity contribution in [3.05, 3.63) is 45.4 Å². The van der Waals surface area contributed by atoms with Crippen LogP contribution in [0.1, 0.15) is 31.7 Å². The fourth-order valence-electron chi connectivity index (χ4n) is 2.44. The Morgan fingerprint density at radius 1 is 1.10 bits per heavy atom. The van der Waals surface area contributed by atoms with E-state index in [0.717, 1.165) is 18.4 Å². The van der Waals surface area contributed by atoms with Crippen LogP contribution in [-0.2, 0) is 4.74 Å². The molecular formula is C15H13Cl3N2O. The van der Waals surface area contributed by atoms with Crippen molar-refractivity contribution in [2.24, 2.45) is 0 Å². The van der Waals surface area contributed by atoms with E-state index in [4.69, 9.17) is 39.5 Å². The zero-order valence-corrected chi connectivity index (χ0v) is 13.6. The molecule has 3 nitrogen and oxygen atoms in total. The lowest BCUT2D eigenvalue weighted by molar-refractivity contribution is 0.0503. The summed E-state index contributed by atoms with van der Waals surface area (Å²) in [7, 11) is 0. The molecule has 2 unspecified atom stereocenters. The Hall–Kier alpha value is -0.870. The van der Waals surface area contributed by atoms with E-state index < -0.39 is 0 Å². The summed E-state index contributed by atoms with van der Waals surface area (Å²) in [6.45, 7) is 2.03. The first-order valence-electron chi connectivity index (χ1n) is 6.69. The minimum Gasteiger partial charge on any atom is -0.367 e. The van der Waals surface area contributed by atoms with Gasteiger partial charge in [0.1, 0.15) is 16.4 Å². The van der Waals surface area contributed by atoms with Gasteiger partial charge in [-0.05, 0) is 37.5 Å². The lowest BCUT2D eigenvalue weighted by Gasteiger charge is -2.13. The highest BCUT2D eigenvalue weighted by Crippen LogP contribution is 2.37. The zero-order valence-electron chi connectivity index (χ0n) is 11.3. The minimum absolute atomic E-state index is 0.136. The molecule has 2 heterocycles. The van der Waals surface area contributed by atoms with Gasteiger partial charge in [0.25, 0.3) is 0 Å². The van der Waals surface area contributed by atoms with Crippen LogP contribution in [0.3, 0.4) is 0 Å². The van der Waals surface area contributed by atoms with Crippen molar-refractivity contribution in [2.75, 3.05) is 0 Å². The van der Waals surface area contributed by atoms with E-state index in [-0.39, 0.29) is 12.2 Å². The third-order valence-electron chi connectivity index (χ3n) is 3.47. The summed E-state index contributed by atoms with van der Waals surface area (Å²) in [4.78, 5) is 8.72. The standard InChI is InChI=1S/C15H13Cl3N2O/c1-8-5-6-11(21-8)15-19-13(17)12(14(18)20-15)9-3-2-4-10(16)7-9/h2-4,7-8,11H,5-6H2,1H3. The molecule has 0 bridgehead atoms. The zero-order chi connectivity index (χ0) is 15.0. The molecule has 0 saturated carbocycles. The van der Waals surface area contributed by atoms with Gasteiger partial charge in [-0.3, -0.25) is 0 Å². The van der Waals surface area contributed by atoms with Gasteiger partial charge in [0.2, 0.25) is 0 Å². The Morgan fingerprint density at radius 3 is 2.38 bits per heavy atom. The van der Waals surface area contributed by atoms with Crippen LogP contribution in [0.2, 0.25) is 15.3 Å². The normalized spacial score (nSPS) is 21.7. The molecule has 3 rings (SSSR count). The van der Waals surface area contributed by atoms with Crippen molar-refractivity contribution in [1.29, 1.82) is 0 Å². The molecule has 0 aliphatic carbocycles. The second-order valence-electron chi connectivity index (χ2n) is 5.06. The third-order valence-corrected chi connectivity index (χ3v) is 4.25. The van der Waals surface area contributed by atoms with Crippen molar-refractivity contribution in [1.82, 2.24) is 9.97 Å². The highest BCUT2D eigenvalue weighted by molar-refractivity contribution is 6.38. The van der Waals surface area contributed by atoms with E-state index in [1.54, 1.807) is 12.1 Å². The number of halogens is 3. The molecule has 1 aromatic heterocycles. The second-order valence-corrected chi connectivity index (χ2v) is 6.21. The topological polar surface area (TPSA) is 35.0 Å². The summed E-state index contributed by atoms with van der Waals surface area (Å²) in [5.74, 6) is 0.542. The summed E-state index contributed by atoms with van der Waals surface area (Å²) >= 11 is 18.6. The average molecular weight is 344 g/mol. The van der Waals surface area contributed by atoms with E-state index in [0.29, 0.717) is 26.7 Å². The van der Waals surface area contributed by atoms with E-state index in [1.807, 2.05) is 19.1 Å². The van der Waals surface area contributed by atoms with Gasteiger partial charge in [0.05, 0.1) is 11.7 Å². The molecule has 6 heteroatoms. The molecule has 0 radical (unpaired) electrons. The molecule has 1 aliphatic rings. The molecule has 1 aliphatic heterocycles. The number of aromatic nitrogens is 2. The van der Waals surface area contributed by atoms with Crippen molar-refractivity contribution in [3.8, 4) is 11.1 Å². The van der Waals surface area contributed by atoms with Crippen LogP contribution in [0.25, 0.3) is 11.1 Å². The third kappa shape index (κ3) is 3.16. The van der Waals surface area contributed by atoms with Crippen LogP contribution in [-0.4, -0.2) is 16.1 Å². The van der Waals surface area contributed by atoms with E-state index in [2.05, 4.69) is 9.97 Å². The van der Waals surface area contributed by atoms with Crippen LogP contribution in [0.15, 0.2) is 24.3 Å². The maximum absolute atomic E-state index is 6.30. The summed E-state index contributed by atoms with van der Waals surface area (Å²) in [6, 6.07) is 7.28. The number of hydrogen-bond acceptors (Lipinski definition) is 3. The van der Waals surface area contributed by atoms with E-state index in [9.17, 15) is 0 Å². The largest absolute Gasteiger partial charge is 0.367 e. The quantitative estimate of drug-likeness (QED) is 0.690. The van der Waals surface area contributed by atoms with Crippen molar-refractivity contribution in [2.45, 2.75) is 32.0 Å².